The number of ether oxygens (including phenoxy) is 1. The molecule has 0 heterocycles. The number of hydrogen-bond donors (Lipinski definition) is 1. The molecule has 0 fully saturated rings. The molecular weight excluding hydrogens is 352 g/mol. The standard InChI is InChI=1S/C21H15F2NO3/c22-15-10-11-19(18(23)12-15)24-20(25)13-27-21(26)17-9-5-4-8-16(17)14-6-2-1-3-7-14/h1-12H,13H2,(H,24,25). The summed E-state index contributed by atoms with van der Waals surface area (Å²) in [6.45, 7) is -0.598. The van der Waals surface area contributed by atoms with E-state index in [1.807, 2.05) is 30.3 Å². The third-order valence-electron chi connectivity index (χ3n) is 3.77. The highest BCUT2D eigenvalue weighted by Gasteiger charge is 2.16. The van der Waals surface area contributed by atoms with Gasteiger partial charge in [-0.25, -0.2) is 13.6 Å². The van der Waals surface area contributed by atoms with Gasteiger partial charge in [-0.3, -0.25) is 4.79 Å². The van der Waals surface area contributed by atoms with E-state index in [1.54, 1.807) is 24.3 Å². The Bertz CT molecular complexity index is 974. The summed E-state index contributed by atoms with van der Waals surface area (Å²) in [4.78, 5) is 24.3. The van der Waals surface area contributed by atoms with E-state index in [2.05, 4.69) is 5.32 Å². The lowest BCUT2D eigenvalue weighted by Gasteiger charge is -2.10. The molecular formula is C21H15F2NO3. The number of nitrogens with one attached hydrogen (secondary N) is 1. The van der Waals surface area contributed by atoms with Crippen LogP contribution in [0.5, 0.6) is 0 Å². The molecule has 6 heteroatoms. The van der Waals surface area contributed by atoms with Crippen molar-refractivity contribution in [2.45, 2.75) is 0 Å². The number of carbonyl (C=O) groups is 2. The fraction of sp³-hybridized carbons (Fsp3) is 0.0476. The summed E-state index contributed by atoms with van der Waals surface area (Å²) in [7, 11) is 0. The quantitative estimate of drug-likeness (QED) is 0.679. The normalized spacial score (nSPS) is 10.3. The second-order valence-electron chi connectivity index (χ2n) is 5.66. The molecule has 0 aliphatic heterocycles. The Morgan fingerprint density at radius 3 is 2.33 bits per heavy atom. The maximum Gasteiger partial charge on any atom is 0.339 e. The van der Waals surface area contributed by atoms with Gasteiger partial charge in [-0.15, -0.1) is 0 Å². The first-order chi connectivity index (χ1) is 13.0. The zero-order chi connectivity index (χ0) is 19.2. The summed E-state index contributed by atoms with van der Waals surface area (Å²) in [5.74, 6) is -3.08. The van der Waals surface area contributed by atoms with Gasteiger partial charge >= 0.3 is 5.97 Å². The van der Waals surface area contributed by atoms with Crippen LogP contribution in [0.4, 0.5) is 14.5 Å². The largest absolute Gasteiger partial charge is 0.452 e. The third kappa shape index (κ3) is 4.55. The van der Waals surface area contributed by atoms with Crippen LogP contribution in [-0.2, 0) is 9.53 Å². The Hall–Kier alpha value is -3.54. The number of benzene rings is 3. The first-order valence-corrected chi connectivity index (χ1v) is 8.11. The van der Waals surface area contributed by atoms with Crippen molar-refractivity contribution in [3.05, 3.63) is 90.0 Å². The molecule has 0 saturated heterocycles. The molecule has 0 spiro atoms. The first kappa shape index (κ1) is 18.3. The minimum absolute atomic E-state index is 0.192. The van der Waals surface area contributed by atoms with Crippen LogP contribution >= 0.6 is 0 Å². The molecule has 4 nitrogen and oxygen atoms in total. The molecule has 0 aliphatic rings. The topological polar surface area (TPSA) is 55.4 Å². The van der Waals surface area contributed by atoms with Crippen molar-refractivity contribution in [1.29, 1.82) is 0 Å². The molecule has 3 aromatic rings. The van der Waals surface area contributed by atoms with E-state index in [0.29, 0.717) is 17.2 Å². The number of hydrogen-bond acceptors (Lipinski definition) is 3. The predicted octanol–water partition coefficient (Wildman–Crippen LogP) is 4.43. The lowest BCUT2D eigenvalue weighted by Crippen LogP contribution is -2.21. The van der Waals surface area contributed by atoms with E-state index >= 15 is 0 Å². The molecule has 1 N–H and O–H groups in total. The Morgan fingerprint density at radius 1 is 0.889 bits per heavy atom. The molecule has 0 aliphatic carbocycles. The Labute approximate surface area is 154 Å². The lowest BCUT2D eigenvalue weighted by molar-refractivity contribution is -0.119. The molecule has 1 amide bonds. The number of rotatable bonds is 5. The maximum absolute atomic E-state index is 13.6. The Morgan fingerprint density at radius 2 is 1.59 bits per heavy atom. The van der Waals surface area contributed by atoms with E-state index in [9.17, 15) is 18.4 Å². The highest BCUT2D eigenvalue weighted by molar-refractivity contribution is 5.99. The number of esters is 1. The third-order valence-corrected chi connectivity index (χ3v) is 3.77. The highest BCUT2D eigenvalue weighted by atomic mass is 19.1. The van der Waals surface area contributed by atoms with Crippen LogP contribution in [0.2, 0.25) is 0 Å². The van der Waals surface area contributed by atoms with Crippen molar-refractivity contribution < 1.29 is 23.1 Å². The van der Waals surface area contributed by atoms with Crippen LogP contribution in [-0.4, -0.2) is 18.5 Å². The number of halogens is 2. The van der Waals surface area contributed by atoms with Gasteiger partial charge in [0.15, 0.2) is 6.61 Å². The van der Waals surface area contributed by atoms with Gasteiger partial charge in [-0.05, 0) is 29.3 Å². The summed E-state index contributed by atoms with van der Waals surface area (Å²) in [5.41, 5.74) is 1.63. The van der Waals surface area contributed by atoms with Crippen LogP contribution in [0, 0.1) is 11.6 Å². The van der Waals surface area contributed by atoms with Crippen molar-refractivity contribution in [1.82, 2.24) is 0 Å². The molecule has 27 heavy (non-hydrogen) atoms. The lowest BCUT2D eigenvalue weighted by atomic mass is 10.00. The van der Waals surface area contributed by atoms with Gasteiger partial charge in [-0.2, -0.15) is 0 Å². The van der Waals surface area contributed by atoms with Gasteiger partial charge in [0.1, 0.15) is 11.6 Å². The van der Waals surface area contributed by atoms with Gasteiger partial charge < -0.3 is 10.1 Å². The molecule has 3 aromatic carbocycles. The molecule has 0 bridgehead atoms. The molecule has 0 unspecified atom stereocenters. The molecule has 0 atom stereocenters. The summed E-state index contributed by atoms with van der Waals surface area (Å²) < 4.78 is 31.5. The van der Waals surface area contributed by atoms with Crippen molar-refractivity contribution >= 4 is 17.6 Å². The van der Waals surface area contributed by atoms with E-state index in [1.165, 1.54) is 0 Å². The Kier molecular flexibility index (Phi) is 5.56. The fourth-order valence-corrected chi connectivity index (χ4v) is 2.52. The highest BCUT2D eigenvalue weighted by Crippen LogP contribution is 2.24. The average molecular weight is 367 g/mol. The van der Waals surface area contributed by atoms with Crippen molar-refractivity contribution in [3.63, 3.8) is 0 Å². The molecule has 3 rings (SSSR count). The molecule has 0 radical (unpaired) electrons. The predicted molar refractivity (Wildman–Crippen MR) is 97.1 cm³/mol. The van der Waals surface area contributed by atoms with E-state index in [0.717, 1.165) is 17.7 Å². The molecule has 0 saturated carbocycles. The zero-order valence-corrected chi connectivity index (χ0v) is 14.1. The van der Waals surface area contributed by atoms with Crippen LogP contribution in [0.15, 0.2) is 72.8 Å². The fourth-order valence-electron chi connectivity index (χ4n) is 2.52. The Balaban J connectivity index is 1.67. The van der Waals surface area contributed by atoms with Gasteiger partial charge in [0.2, 0.25) is 0 Å². The molecule has 136 valence electrons. The average Bonchev–Trinajstić information content (AvgIpc) is 2.69. The van der Waals surface area contributed by atoms with E-state index in [-0.39, 0.29) is 5.69 Å². The number of amides is 1. The summed E-state index contributed by atoms with van der Waals surface area (Å²) in [6, 6.07) is 18.9. The second kappa shape index (κ2) is 8.23. The minimum Gasteiger partial charge on any atom is -0.452 e. The minimum atomic E-state index is -0.913. The van der Waals surface area contributed by atoms with Gasteiger partial charge in [0.25, 0.3) is 5.91 Å². The monoisotopic (exact) mass is 367 g/mol. The molecule has 0 aromatic heterocycles. The van der Waals surface area contributed by atoms with E-state index < -0.39 is 30.1 Å². The number of carbonyl (C=O) groups excluding carboxylic acids is 2. The van der Waals surface area contributed by atoms with Crippen LogP contribution in [0.1, 0.15) is 10.4 Å². The van der Waals surface area contributed by atoms with Gasteiger partial charge in [0, 0.05) is 6.07 Å². The summed E-state index contributed by atoms with van der Waals surface area (Å²) in [6.07, 6.45) is 0. The maximum atomic E-state index is 13.6. The van der Waals surface area contributed by atoms with Crippen molar-refractivity contribution in [2.24, 2.45) is 0 Å². The SMILES string of the molecule is O=C(COC(=O)c1ccccc1-c1ccccc1)Nc1ccc(F)cc1F. The van der Waals surface area contributed by atoms with Crippen LogP contribution in [0.25, 0.3) is 11.1 Å². The van der Waals surface area contributed by atoms with Crippen LogP contribution < -0.4 is 5.32 Å². The van der Waals surface area contributed by atoms with Crippen molar-refractivity contribution in [3.8, 4) is 11.1 Å². The summed E-state index contributed by atoms with van der Waals surface area (Å²) >= 11 is 0. The van der Waals surface area contributed by atoms with Crippen LogP contribution in [0.3, 0.4) is 0 Å². The zero-order valence-electron chi connectivity index (χ0n) is 14.1. The second-order valence-corrected chi connectivity index (χ2v) is 5.66. The van der Waals surface area contributed by atoms with Gasteiger partial charge in [-0.1, -0.05) is 48.5 Å². The smallest absolute Gasteiger partial charge is 0.339 e. The summed E-state index contributed by atoms with van der Waals surface area (Å²) in [5, 5.41) is 2.23. The van der Waals surface area contributed by atoms with Gasteiger partial charge in [0.05, 0.1) is 11.3 Å². The van der Waals surface area contributed by atoms with E-state index in [4.69, 9.17) is 4.74 Å². The number of anilines is 1. The first-order valence-electron chi connectivity index (χ1n) is 8.11. The van der Waals surface area contributed by atoms with Crippen molar-refractivity contribution in [2.75, 3.05) is 11.9 Å².